The monoisotopic (exact) mass is 446 g/mol. The summed E-state index contributed by atoms with van der Waals surface area (Å²) in [5, 5.41) is 15.1. The molecule has 7 heteroatoms. The van der Waals surface area contributed by atoms with E-state index < -0.39 is 17.9 Å². The van der Waals surface area contributed by atoms with Gasteiger partial charge in [-0.2, -0.15) is 0 Å². The summed E-state index contributed by atoms with van der Waals surface area (Å²) in [5.41, 5.74) is 0.706. The first-order chi connectivity index (χ1) is 14.8. The van der Waals surface area contributed by atoms with Gasteiger partial charge >= 0.3 is 5.97 Å². The van der Waals surface area contributed by atoms with E-state index >= 15 is 0 Å². The standard InChI is InChI=1S/C24H31ClN2O4/c25-19-3-1-2-18(11-19)22(30)27-20(4-5-21(28)29)23(31)26-7-6-24-12-15-8-16(13-24)10-17(9-15)14-24/h1-3,11,15-17,20H,4-10,12-14H2,(H,26,31)(H,27,30)(H,28,29)/t15?,16?,17?,20-,24?/m0/s1. The predicted octanol–water partition coefficient (Wildman–Crippen LogP) is 4.03. The lowest BCUT2D eigenvalue weighted by atomic mass is 9.49. The number of benzene rings is 1. The highest BCUT2D eigenvalue weighted by atomic mass is 35.5. The smallest absolute Gasteiger partial charge is 0.303 e. The largest absolute Gasteiger partial charge is 0.481 e. The Morgan fingerprint density at radius 1 is 1.10 bits per heavy atom. The van der Waals surface area contributed by atoms with Gasteiger partial charge in [-0.3, -0.25) is 14.4 Å². The molecule has 1 aromatic rings. The van der Waals surface area contributed by atoms with Crippen molar-refractivity contribution >= 4 is 29.4 Å². The van der Waals surface area contributed by atoms with Crippen LogP contribution in [-0.2, 0) is 9.59 Å². The molecule has 0 saturated heterocycles. The molecule has 0 heterocycles. The highest BCUT2D eigenvalue weighted by Gasteiger charge is 2.50. The van der Waals surface area contributed by atoms with E-state index in [1.54, 1.807) is 18.2 Å². The minimum atomic E-state index is -0.997. The Balaban J connectivity index is 1.33. The minimum absolute atomic E-state index is 0.0465. The van der Waals surface area contributed by atoms with Crippen LogP contribution in [0.4, 0.5) is 0 Å². The second-order valence-electron chi connectivity index (χ2n) is 9.93. The molecule has 1 atom stereocenters. The van der Waals surface area contributed by atoms with E-state index in [9.17, 15) is 14.4 Å². The van der Waals surface area contributed by atoms with Crippen molar-refractivity contribution in [3.63, 3.8) is 0 Å². The van der Waals surface area contributed by atoms with Crippen molar-refractivity contribution in [2.24, 2.45) is 23.2 Å². The molecule has 3 N–H and O–H groups in total. The Morgan fingerprint density at radius 3 is 2.32 bits per heavy atom. The fourth-order valence-corrected chi connectivity index (χ4v) is 6.77. The van der Waals surface area contributed by atoms with Gasteiger partial charge in [0.05, 0.1) is 0 Å². The maximum atomic E-state index is 12.8. The SMILES string of the molecule is O=C(O)CC[C@H](NC(=O)c1cccc(Cl)c1)C(=O)NCCC12CC3CC(CC(C3)C1)C2. The Bertz CT molecular complexity index is 820. The van der Waals surface area contributed by atoms with Gasteiger partial charge < -0.3 is 15.7 Å². The van der Waals surface area contributed by atoms with Gasteiger partial charge in [-0.05, 0) is 92.7 Å². The van der Waals surface area contributed by atoms with E-state index in [4.69, 9.17) is 16.7 Å². The first-order valence-corrected chi connectivity index (χ1v) is 11.8. The molecular formula is C24H31ClN2O4. The van der Waals surface area contributed by atoms with Crippen LogP contribution in [-0.4, -0.2) is 35.5 Å². The van der Waals surface area contributed by atoms with Crippen molar-refractivity contribution in [3.05, 3.63) is 34.9 Å². The highest BCUT2D eigenvalue weighted by molar-refractivity contribution is 6.31. The van der Waals surface area contributed by atoms with Crippen molar-refractivity contribution in [1.29, 1.82) is 0 Å². The number of aliphatic carboxylic acids is 1. The molecule has 4 bridgehead atoms. The topological polar surface area (TPSA) is 95.5 Å². The quantitative estimate of drug-likeness (QED) is 0.533. The summed E-state index contributed by atoms with van der Waals surface area (Å²) < 4.78 is 0. The summed E-state index contributed by atoms with van der Waals surface area (Å²) >= 11 is 5.95. The summed E-state index contributed by atoms with van der Waals surface area (Å²) in [6, 6.07) is 5.57. The Morgan fingerprint density at radius 2 is 1.74 bits per heavy atom. The molecule has 0 radical (unpaired) electrons. The molecule has 1 aromatic carbocycles. The van der Waals surface area contributed by atoms with Crippen LogP contribution in [0.3, 0.4) is 0 Å². The van der Waals surface area contributed by atoms with Gasteiger partial charge in [0, 0.05) is 23.6 Å². The van der Waals surface area contributed by atoms with Crippen molar-refractivity contribution < 1.29 is 19.5 Å². The number of hydrogen-bond acceptors (Lipinski definition) is 3. The van der Waals surface area contributed by atoms with Gasteiger partial charge in [0.1, 0.15) is 6.04 Å². The molecule has 5 rings (SSSR count). The lowest BCUT2D eigenvalue weighted by Crippen LogP contribution is -2.49. The molecule has 31 heavy (non-hydrogen) atoms. The van der Waals surface area contributed by atoms with Gasteiger partial charge in [-0.1, -0.05) is 17.7 Å². The summed E-state index contributed by atoms with van der Waals surface area (Å²) in [6.07, 6.45) is 8.83. The molecule has 0 unspecified atom stereocenters. The molecule has 0 spiro atoms. The number of rotatable bonds is 9. The maximum Gasteiger partial charge on any atom is 0.303 e. The average molecular weight is 447 g/mol. The number of carbonyl (C=O) groups excluding carboxylic acids is 2. The molecule has 2 amide bonds. The first kappa shape index (κ1) is 22.1. The zero-order valence-corrected chi connectivity index (χ0v) is 18.5. The van der Waals surface area contributed by atoms with Crippen LogP contribution in [0.5, 0.6) is 0 Å². The van der Waals surface area contributed by atoms with Crippen LogP contribution in [0, 0.1) is 23.2 Å². The van der Waals surface area contributed by atoms with Crippen LogP contribution in [0.25, 0.3) is 0 Å². The molecule has 4 saturated carbocycles. The predicted molar refractivity (Wildman–Crippen MR) is 118 cm³/mol. The number of nitrogens with one attached hydrogen (secondary N) is 2. The van der Waals surface area contributed by atoms with Crippen LogP contribution in [0.1, 0.15) is 68.1 Å². The molecule has 4 aliphatic rings. The van der Waals surface area contributed by atoms with Crippen molar-refractivity contribution in [2.45, 2.75) is 63.8 Å². The lowest BCUT2D eigenvalue weighted by molar-refractivity contribution is -0.137. The van der Waals surface area contributed by atoms with Gasteiger partial charge in [-0.25, -0.2) is 0 Å². The zero-order valence-electron chi connectivity index (χ0n) is 17.7. The van der Waals surface area contributed by atoms with Gasteiger partial charge in [0.2, 0.25) is 5.91 Å². The summed E-state index contributed by atoms with van der Waals surface area (Å²) in [4.78, 5) is 36.4. The molecule has 4 aliphatic carbocycles. The van der Waals surface area contributed by atoms with Gasteiger partial charge in [-0.15, -0.1) is 0 Å². The van der Waals surface area contributed by atoms with E-state index in [1.165, 1.54) is 44.6 Å². The first-order valence-electron chi connectivity index (χ1n) is 11.4. The maximum absolute atomic E-state index is 12.8. The van der Waals surface area contributed by atoms with Crippen molar-refractivity contribution in [1.82, 2.24) is 10.6 Å². The number of halogens is 1. The minimum Gasteiger partial charge on any atom is -0.481 e. The number of carboxylic acid groups (broad SMARTS) is 1. The van der Waals surface area contributed by atoms with Crippen LogP contribution in [0.2, 0.25) is 5.02 Å². The third-order valence-corrected chi connectivity index (χ3v) is 7.71. The second kappa shape index (κ2) is 9.19. The average Bonchev–Trinajstić information content (AvgIpc) is 2.69. The fraction of sp³-hybridized carbons (Fsp3) is 0.625. The third kappa shape index (κ3) is 5.40. The Labute approximate surface area is 188 Å². The van der Waals surface area contributed by atoms with E-state index in [0.717, 1.165) is 24.2 Å². The van der Waals surface area contributed by atoms with E-state index in [1.807, 2.05) is 0 Å². The van der Waals surface area contributed by atoms with Crippen molar-refractivity contribution in [2.75, 3.05) is 6.54 Å². The zero-order chi connectivity index (χ0) is 22.0. The highest BCUT2D eigenvalue weighted by Crippen LogP contribution is 2.61. The molecule has 168 valence electrons. The van der Waals surface area contributed by atoms with Crippen LogP contribution >= 0.6 is 11.6 Å². The lowest BCUT2D eigenvalue weighted by Gasteiger charge is -2.57. The van der Waals surface area contributed by atoms with Crippen molar-refractivity contribution in [3.8, 4) is 0 Å². The Kier molecular flexibility index (Phi) is 6.56. The second-order valence-corrected chi connectivity index (χ2v) is 10.4. The Hall–Kier alpha value is -2.08. The van der Waals surface area contributed by atoms with Crippen LogP contribution in [0.15, 0.2) is 24.3 Å². The number of carboxylic acids is 1. The fourth-order valence-electron chi connectivity index (χ4n) is 6.58. The van der Waals surface area contributed by atoms with E-state index in [0.29, 0.717) is 22.5 Å². The van der Waals surface area contributed by atoms with Crippen LogP contribution < -0.4 is 10.6 Å². The normalized spacial score (nSPS) is 29.4. The van der Waals surface area contributed by atoms with Gasteiger partial charge in [0.25, 0.3) is 5.91 Å². The van der Waals surface area contributed by atoms with Gasteiger partial charge in [0.15, 0.2) is 0 Å². The summed E-state index contributed by atoms with van der Waals surface area (Å²) in [6.45, 7) is 0.571. The molecule has 4 fully saturated rings. The van der Waals surface area contributed by atoms with E-state index in [2.05, 4.69) is 10.6 Å². The third-order valence-electron chi connectivity index (χ3n) is 7.48. The number of carbonyl (C=O) groups is 3. The number of hydrogen-bond donors (Lipinski definition) is 3. The number of amides is 2. The molecular weight excluding hydrogens is 416 g/mol. The molecule has 6 nitrogen and oxygen atoms in total. The molecule has 0 aromatic heterocycles. The van der Waals surface area contributed by atoms with E-state index in [-0.39, 0.29) is 18.7 Å². The summed E-state index contributed by atoms with van der Waals surface area (Å²) in [5.74, 6) is 0.839. The molecule has 0 aliphatic heterocycles. The summed E-state index contributed by atoms with van der Waals surface area (Å²) in [7, 11) is 0.